The predicted octanol–water partition coefficient (Wildman–Crippen LogP) is 12.2. The minimum absolute atomic E-state index is 1.11. The second-order valence-electron chi connectivity index (χ2n) is 11.8. The van der Waals surface area contributed by atoms with Gasteiger partial charge in [0.25, 0.3) is 0 Å². The highest BCUT2D eigenvalue weighted by molar-refractivity contribution is 6.18. The van der Waals surface area contributed by atoms with E-state index in [0.29, 0.717) is 0 Å². The molecule has 0 saturated heterocycles. The molecule has 0 aliphatic heterocycles. The van der Waals surface area contributed by atoms with Crippen LogP contribution in [0.4, 0.5) is 17.1 Å². The van der Waals surface area contributed by atoms with Gasteiger partial charge in [-0.25, -0.2) is 0 Å². The lowest BCUT2D eigenvalue weighted by atomic mass is 9.94. The number of aromatic nitrogens is 1. The Morgan fingerprint density at radius 3 is 1.78 bits per heavy atom. The molecule has 0 unspecified atom stereocenters. The molecule has 0 aliphatic carbocycles. The number of anilines is 3. The third-order valence-electron chi connectivity index (χ3n) is 9.15. The van der Waals surface area contributed by atoms with Gasteiger partial charge >= 0.3 is 0 Å². The maximum atomic E-state index is 2.43. The first-order valence-electron chi connectivity index (χ1n) is 15.8. The number of nitrogens with zero attached hydrogens (tertiary/aromatic N) is 2. The van der Waals surface area contributed by atoms with Gasteiger partial charge in [-0.05, 0) is 75.8 Å². The summed E-state index contributed by atoms with van der Waals surface area (Å²) in [7, 11) is 0. The Labute approximate surface area is 268 Å². The zero-order valence-corrected chi connectivity index (χ0v) is 25.2. The zero-order valence-electron chi connectivity index (χ0n) is 25.2. The molecule has 8 aromatic carbocycles. The van der Waals surface area contributed by atoms with Gasteiger partial charge in [-0.1, -0.05) is 133 Å². The van der Waals surface area contributed by atoms with Crippen molar-refractivity contribution < 1.29 is 0 Å². The van der Waals surface area contributed by atoms with Crippen LogP contribution in [-0.4, -0.2) is 4.57 Å². The summed E-state index contributed by atoms with van der Waals surface area (Å²) >= 11 is 0. The summed E-state index contributed by atoms with van der Waals surface area (Å²) in [6, 6.07) is 65.7. The van der Waals surface area contributed by atoms with Crippen molar-refractivity contribution >= 4 is 60.4 Å². The Kier molecular flexibility index (Phi) is 6.17. The van der Waals surface area contributed by atoms with Crippen molar-refractivity contribution in [3.63, 3.8) is 0 Å². The van der Waals surface area contributed by atoms with E-state index in [9.17, 15) is 0 Å². The van der Waals surface area contributed by atoms with Gasteiger partial charge in [0.2, 0.25) is 0 Å². The standard InChI is InChI=1S/C44H30N2/c1-3-18-33(19-4-1)45(41-26-12-17-32-15-8-10-23-37(32)41)35-28-29-40-43(30-35)46(34-20-5-2-6-21-34)42-27-13-25-39(44(40)42)38-24-11-16-31-14-7-9-22-36(31)38/h1-30H. The van der Waals surface area contributed by atoms with E-state index >= 15 is 0 Å². The summed E-state index contributed by atoms with van der Waals surface area (Å²) < 4.78 is 2.43. The summed E-state index contributed by atoms with van der Waals surface area (Å²) in [5.41, 5.74) is 9.40. The van der Waals surface area contributed by atoms with Crippen molar-refractivity contribution in [3.05, 3.63) is 182 Å². The minimum Gasteiger partial charge on any atom is -0.310 e. The average molecular weight is 587 g/mol. The van der Waals surface area contributed by atoms with Gasteiger partial charge in [0.1, 0.15) is 0 Å². The molecule has 9 aromatic rings. The average Bonchev–Trinajstić information content (AvgIpc) is 3.46. The maximum absolute atomic E-state index is 2.43. The lowest BCUT2D eigenvalue weighted by molar-refractivity contribution is 1.18. The quantitative estimate of drug-likeness (QED) is 0.195. The summed E-state index contributed by atoms with van der Waals surface area (Å²) in [5.74, 6) is 0. The molecule has 0 aliphatic rings. The highest BCUT2D eigenvalue weighted by atomic mass is 15.1. The molecule has 1 aromatic heterocycles. The van der Waals surface area contributed by atoms with Crippen molar-refractivity contribution in [2.75, 3.05) is 4.90 Å². The van der Waals surface area contributed by atoms with E-state index in [-0.39, 0.29) is 0 Å². The van der Waals surface area contributed by atoms with Gasteiger partial charge in [-0.3, -0.25) is 0 Å². The SMILES string of the molecule is c1ccc(N(c2ccc3c4c(-c5cccc6ccccc56)cccc4n(-c4ccccc4)c3c2)c2cccc3ccccc23)cc1. The molecule has 2 heteroatoms. The Morgan fingerprint density at radius 1 is 0.370 bits per heavy atom. The fourth-order valence-corrected chi connectivity index (χ4v) is 7.14. The smallest absolute Gasteiger partial charge is 0.0562 e. The molecule has 0 atom stereocenters. The molecule has 0 radical (unpaired) electrons. The number of rotatable bonds is 5. The van der Waals surface area contributed by atoms with Gasteiger partial charge in [0.15, 0.2) is 0 Å². The van der Waals surface area contributed by atoms with E-state index in [0.717, 1.165) is 22.7 Å². The molecule has 46 heavy (non-hydrogen) atoms. The number of hydrogen-bond donors (Lipinski definition) is 0. The highest BCUT2D eigenvalue weighted by Crippen LogP contribution is 2.44. The van der Waals surface area contributed by atoms with Crippen LogP contribution in [0.2, 0.25) is 0 Å². The molecule has 0 spiro atoms. The van der Waals surface area contributed by atoms with Crippen molar-refractivity contribution in [2.45, 2.75) is 0 Å². The predicted molar refractivity (Wildman–Crippen MR) is 196 cm³/mol. The molecule has 2 nitrogen and oxygen atoms in total. The summed E-state index contributed by atoms with van der Waals surface area (Å²) in [5, 5.41) is 7.45. The molecule has 0 bridgehead atoms. The zero-order chi connectivity index (χ0) is 30.5. The normalized spacial score (nSPS) is 11.5. The Hall–Kier alpha value is -6.12. The van der Waals surface area contributed by atoms with Gasteiger partial charge < -0.3 is 9.47 Å². The van der Waals surface area contributed by atoms with Crippen LogP contribution in [0.5, 0.6) is 0 Å². The fourth-order valence-electron chi connectivity index (χ4n) is 7.14. The van der Waals surface area contributed by atoms with Gasteiger partial charge in [0, 0.05) is 33.2 Å². The Bertz CT molecular complexity index is 2520. The Morgan fingerprint density at radius 2 is 0.978 bits per heavy atom. The molecule has 9 rings (SSSR count). The minimum atomic E-state index is 1.11. The van der Waals surface area contributed by atoms with E-state index in [1.54, 1.807) is 0 Å². The molecule has 0 N–H and O–H groups in total. The van der Waals surface area contributed by atoms with Crippen molar-refractivity contribution in [3.8, 4) is 16.8 Å². The van der Waals surface area contributed by atoms with Crippen molar-refractivity contribution in [1.82, 2.24) is 4.57 Å². The van der Waals surface area contributed by atoms with Gasteiger partial charge in [-0.2, -0.15) is 0 Å². The molecular formula is C44H30N2. The van der Waals surface area contributed by atoms with Crippen LogP contribution in [0.25, 0.3) is 60.2 Å². The largest absolute Gasteiger partial charge is 0.310 e. The third kappa shape index (κ3) is 4.19. The monoisotopic (exact) mass is 586 g/mol. The molecule has 0 saturated carbocycles. The first-order chi connectivity index (χ1) is 22.8. The number of hydrogen-bond acceptors (Lipinski definition) is 1. The van der Waals surface area contributed by atoms with Crippen LogP contribution < -0.4 is 4.90 Å². The number of benzene rings is 8. The number of fused-ring (bicyclic) bond motifs is 5. The fraction of sp³-hybridized carbons (Fsp3) is 0. The van der Waals surface area contributed by atoms with Crippen molar-refractivity contribution in [1.29, 1.82) is 0 Å². The van der Waals surface area contributed by atoms with Gasteiger partial charge in [0.05, 0.1) is 16.7 Å². The summed E-state index contributed by atoms with van der Waals surface area (Å²) in [6.07, 6.45) is 0. The second-order valence-corrected chi connectivity index (χ2v) is 11.8. The summed E-state index contributed by atoms with van der Waals surface area (Å²) in [6.45, 7) is 0. The maximum Gasteiger partial charge on any atom is 0.0562 e. The van der Waals surface area contributed by atoms with Crippen LogP contribution in [-0.2, 0) is 0 Å². The van der Waals surface area contributed by atoms with E-state index in [2.05, 4.69) is 191 Å². The van der Waals surface area contributed by atoms with Crippen LogP contribution in [0.1, 0.15) is 0 Å². The molecule has 0 fully saturated rings. The molecular weight excluding hydrogens is 556 g/mol. The third-order valence-corrected chi connectivity index (χ3v) is 9.15. The van der Waals surface area contributed by atoms with Crippen molar-refractivity contribution in [2.24, 2.45) is 0 Å². The highest BCUT2D eigenvalue weighted by Gasteiger charge is 2.21. The summed E-state index contributed by atoms with van der Waals surface area (Å²) in [4.78, 5) is 2.39. The van der Waals surface area contributed by atoms with Gasteiger partial charge in [-0.15, -0.1) is 0 Å². The van der Waals surface area contributed by atoms with E-state index < -0.39 is 0 Å². The van der Waals surface area contributed by atoms with Crippen LogP contribution in [0.15, 0.2) is 182 Å². The van der Waals surface area contributed by atoms with E-state index in [1.165, 1.54) is 54.5 Å². The number of para-hydroxylation sites is 2. The first kappa shape index (κ1) is 26.3. The lowest BCUT2D eigenvalue weighted by Gasteiger charge is -2.27. The molecule has 0 amide bonds. The van der Waals surface area contributed by atoms with Crippen LogP contribution in [0.3, 0.4) is 0 Å². The Balaban J connectivity index is 1.37. The van der Waals surface area contributed by atoms with E-state index in [4.69, 9.17) is 0 Å². The van der Waals surface area contributed by atoms with E-state index in [1.807, 2.05) is 0 Å². The second kappa shape index (κ2) is 10.8. The van der Waals surface area contributed by atoms with Crippen LogP contribution >= 0.6 is 0 Å². The molecule has 216 valence electrons. The topological polar surface area (TPSA) is 8.17 Å². The molecule has 1 heterocycles. The first-order valence-corrected chi connectivity index (χ1v) is 15.8. The lowest BCUT2D eigenvalue weighted by Crippen LogP contribution is -2.10. The van der Waals surface area contributed by atoms with Crippen LogP contribution in [0, 0.1) is 0 Å².